The molecule has 0 unspecified atom stereocenters. The van der Waals surface area contributed by atoms with E-state index in [1.54, 1.807) is 9.80 Å². The highest BCUT2D eigenvalue weighted by Gasteiger charge is 2.33. The number of nitrogens with zero attached hydrogens (tertiary/aromatic N) is 2. The Morgan fingerprint density at radius 3 is 2.35 bits per heavy atom. The predicted octanol–water partition coefficient (Wildman–Crippen LogP) is 4.00. The van der Waals surface area contributed by atoms with Crippen LogP contribution in [0.4, 0.5) is 10.5 Å². The molecule has 1 heterocycles. The monoisotopic (exact) mass is 290 g/mol. The topological polar surface area (TPSA) is 23.6 Å². The first kappa shape index (κ1) is 15.0. The first-order valence-electron chi connectivity index (χ1n) is 6.96. The third kappa shape index (κ3) is 3.37. The number of benzene rings is 1. The van der Waals surface area contributed by atoms with E-state index >= 15 is 0 Å². The predicted molar refractivity (Wildman–Crippen MR) is 87.3 cm³/mol. The van der Waals surface area contributed by atoms with E-state index in [9.17, 15) is 4.79 Å². The Hall–Kier alpha value is -1.42. The Morgan fingerprint density at radius 1 is 1.20 bits per heavy atom. The number of amides is 2. The fourth-order valence-corrected chi connectivity index (χ4v) is 2.88. The zero-order valence-corrected chi connectivity index (χ0v) is 13.5. The fourth-order valence-electron chi connectivity index (χ4n) is 2.28. The number of urea groups is 1. The maximum atomic E-state index is 12.5. The fraction of sp³-hybridized carbons (Fsp3) is 0.500. The van der Waals surface area contributed by atoms with Gasteiger partial charge in [0.2, 0.25) is 0 Å². The standard InChI is InChI=1S/C16H22N2OS/c1-12-5-7-13(8-6-12)17-9-10-18(15(17)19)14(20)11-16(2,3)4/h5-8H,9-11H2,1-4H3. The molecule has 1 aromatic carbocycles. The van der Waals surface area contributed by atoms with Crippen molar-refractivity contribution in [3.63, 3.8) is 0 Å². The molecule has 0 saturated carbocycles. The third-order valence-electron chi connectivity index (χ3n) is 3.34. The van der Waals surface area contributed by atoms with Crippen molar-refractivity contribution in [2.24, 2.45) is 5.41 Å². The van der Waals surface area contributed by atoms with Gasteiger partial charge in [-0.15, -0.1) is 0 Å². The summed E-state index contributed by atoms with van der Waals surface area (Å²) in [4.78, 5) is 16.8. The molecule has 4 heteroatoms. The zero-order chi connectivity index (χ0) is 14.9. The average molecular weight is 290 g/mol. The Bertz CT molecular complexity index is 516. The van der Waals surface area contributed by atoms with Gasteiger partial charge < -0.3 is 0 Å². The van der Waals surface area contributed by atoms with E-state index in [1.807, 2.05) is 31.2 Å². The highest BCUT2D eigenvalue weighted by Crippen LogP contribution is 2.25. The summed E-state index contributed by atoms with van der Waals surface area (Å²) in [6, 6.07) is 8.04. The van der Waals surface area contributed by atoms with E-state index in [1.165, 1.54) is 5.56 Å². The first-order chi connectivity index (χ1) is 9.28. The molecule has 0 spiro atoms. The summed E-state index contributed by atoms with van der Waals surface area (Å²) in [6.45, 7) is 9.83. The van der Waals surface area contributed by atoms with E-state index in [0.29, 0.717) is 13.1 Å². The zero-order valence-electron chi connectivity index (χ0n) is 12.6. The maximum Gasteiger partial charge on any atom is 0.329 e. The van der Waals surface area contributed by atoms with Gasteiger partial charge in [-0.3, -0.25) is 9.80 Å². The highest BCUT2D eigenvalue weighted by atomic mass is 32.1. The summed E-state index contributed by atoms with van der Waals surface area (Å²) in [5.74, 6) is 0. The second kappa shape index (κ2) is 5.52. The minimum atomic E-state index is 0.00287. The maximum absolute atomic E-state index is 12.5. The minimum Gasteiger partial charge on any atom is -0.292 e. The Kier molecular flexibility index (Phi) is 4.14. The van der Waals surface area contributed by atoms with Crippen LogP contribution in [0.25, 0.3) is 0 Å². The normalized spacial score (nSPS) is 15.9. The quantitative estimate of drug-likeness (QED) is 0.769. The molecule has 0 N–H and O–H groups in total. The van der Waals surface area contributed by atoms with Crippen LogP contribution in [-0.4, -0.2) is 29.0 Å². The van der Waals surface area contributed by atoms with Gasteiger partial charge in [-0.1, -0.05) is 50.7 Å². The van der Waals surface area contributed by atoms with Crippen LogP contribution in [0.5, 0.6) is 0 Å². The van der Waals surface area contributed by atoms with Gasteiger partial charge in [0.15, 0.2) is 0 Å². The summed E-state index contributed by atoms with van der Waals surface area (Å²) in [5, 5.41) is 0. The summed E-state index contributed by atoms with van der Waals surface area (Å²) in [6.07, 6.45) is 0.760. The van der Waals surface area contributed by atoms with E-state index in [2.05, 4.69) is 20.8 Å². The van der Waals surface area contributed by atoms with Crippen molar-refractivity contribution >= 4 is 28.9 Å². The van der Waals surface area contributed by atoms with Gasteiger partial charge in [-0.25, -0.2) is 4.79 Å². The molecule has 1 saturated heterocycles. The number of aryl methyl sites for hydroxylation is 1. The number of hydrogen-bond acceptors (Lipinski definition) is 2. The van der Waals surface area contributed by atoms with Crippen molar-refractivity contribution in [1.29, 1.82) is 0 Å². The molecule has 0 radical (unpaired) electrons. The lowest BCUT2D eigenvalue weighted by molar-refractivity contribution is 0.237. The number of anilines is 1. The van der Waals surface area contributed by atoms with Gasteiger partial charge in [0.25, 0.3) is 0 Å². The number of carbonyl (C=O) groups excluding carboxylic acids is 1. The summed E-state index contributed by atoms with van der Waals surface area (Å²) in [5.41, 5.74) is 2.25. The van der Waals surface area contributed by atoms with Gasteiger partial charge in [-0.05, 0) is 24.5 Å². The van der Waals surface area contributed by atoms with Crippen molar-refractivity contribution in [2.45, 2.75) is 34.1 Å². The van der Waals surface area contributed by atoms with Crippen LogP contribution in [0.15, 0.2) is 24.3 Å². The second-order valence-corrected chi connectivity index (χ2v) is 7.02. The lowest BCUT2D eigenvalue weighted by Gasteiger charge is -2.24. The Morgan fingerprint density at radius 2 is 1.80 bits per heavy atom. The SMILES string of the molecule is Cc1ccc(N2CCN(C(=S)CC(C)(C)C)C2=O)cc1. The number of hydrogen-bond donors (Lipinski definition) is 0. The molecule has 3 nitrogen and oxygen atoms in total. The summed E-state index contributed by atoms with van der Waals surface area (Å²) < 4.78 is 0. The molecule has 0 aromatic heterocycles. The second-order valence-electron chi connectivity index (χ2n) is 6.55. The number of carbonyl (C=O) groups is 1. The molecule has 1 aliphatic rings. The number of thiocarbonyl (C=S) groups is 1. The van der Waals surface area contributed by atoms with Gasteiger partial charge in [0, 0.05) is 25.2 Å². The van der Waals surface area contributed by atoms with Gasteiger partial charge in [0.1, 0.15) is 0 Å². The van der Waals surface area contributed by atoms with E-state index in [0.717, 1.165) is 17.1 Å². The van der Waals surface area contributed by atoms with E-state index < -0.39 is 0 Å². The van der Waals surface area contributed by atoms with Crippen molar-refractivity contribution in [1.82, 2.24) is 4.90 Å². The molecule has 0 aliphatic carbocycles. The van der Waals surface area contributed by atoms with Crippen LogP contribution in [0.3, 0.4) is 0 Å². The number of rotatable bonds is 2. The first-order valence-corrected chi connectivity index (χ1v) is 7.37. The van der Waals surface area contributed by atoms with Crippen LogP contribution in [0, 0.1) is 12.3 Å². The molecular formula is C16H22N2OS. The molecular weight excluding hydrogens is 268 g/mol. The highest BCUT2D eigenvalue weighted by molar-refractivity contribution is 7.80. The average Bonchev–Trinajstić information content (AvgIpc) is 2.70. The van der Waals surface area contributed by atoms with Crippen molar-refractivity contribution < 1.29 is 4.79 Å². The van der Waals surface area contributed by atoms with Crippen LogP contribution >= 0.6 is 12.2 Å². The molecule has 2 rings (SSSR count). The molecule has 1 aromatic rings. The van der Waals surface area contributed by atoms with Gasteiger partial charge >= 0.3 is 6.03 Å². The summed E-state index contributed by atoms with van der Waals surface area (Å²) in [7, 11) is 0. The molecule has 2 amide bonds. The smallest absolute Gasteiger partial charge is 0.292 e. The van der Waals surface area contributed by atoms with Gasteiger partial charge in [-0.2, -0.15) is 0 Å². The lowest BCUT2D eigenvalue weighted by atomic mass is 9.92. The van der Waals surface area contributed by atoms with Crippen LogP contribution < -0.4 is 4.90 Å². The molecule has 1 aliphatic heterocycles. The molecule has 1 fully saturated rings. The minimum absolute atomic E-state index is 0.00287. The molecule has 108 valence electrons. The van der Waals surface area contributed by atoms with E-state index in [4.69, 9.17) is 12.2 Å². The molecule has 0 atom stereocenters. The van der Waals surface area contributed by atoms with Crippen LogP contribution in [-0.2, 0) is 0 Å². The van der Waals surface area contributed by atoms with Crippen molar-refractivity contribution in [2.75, 3.05) is 18.0 Å². The Balaban J connectivity index is 2.09. The van der Waals surface area contributed by atoms with Crippen molar-refractivity contribution in [3.05, 3.63) is 29.8 Å². The van der Waals surface area contributed by atoms with E-state index in [-0.39, 0.29) is 11.4 Å². The van der Waals surface area contributed by atoms with Crippen LogP contribution in [0.1, 0.15) is 32.8 Å². The van der Waals surface area contributed by atoms with Crippen molar-refractivity contribution in [3.8, 4) is 0 Å². The Labute approximate surface area is 126 Å². The molecule has 20 heavy (non-hydrogen) atoms. The lowest BCUT2D eigenvalue weighted by Crippen LogP contribution is -2.36. The third-order valence-corrected chi connectivity index (χ3v) is 3.70. The largest absolute Gasteiger partial charge is 0.329 e. The van der Waals surface area contributed by atoms with Gasteiger partial charge in [0.05, 0.1) is 4.99 Å². The molecule has 0 bridgehead atoms. The van der Waals surface area contributed by atoms with Crippen LogP contribution in [0.2, 0.25) is 0 Å². The summed E-state index contributed by atoms with van der Waals surface area (Å²) >= 11 is 5.44.